The van der Waals surface area contributed by atoms with E-state index >= 15 is 0 Å². The molecule has 2 heteroatoms. The Morgan fingerprint density at radius 1 is 1.27 bits per heavy atom. The number of rotatable bonds is 2. The monoisotopic (exact) mass is 148 g/mol. The van der Waals surface area contributed by atoms with Crippen LogP contribution in [0.15, 0.2) is 24.3 Å². The third kappa shape index (κ3) is 1.80. The minimum Gasteiger partial charge on any atom is -0.295 e. The molecule has 0 spiro atoms. The van der Waals surface area contributed by atoms with E-state index in [1.54, 1.807) is 26.1 Å². The van der Waals surface area contributed by atoms with Gasteiger partial charge < -0.3 is 0 Å². The Bertz CT molecular complexity index is 251. The zero-order valence-electron chi connectivity index (χ0n) is 6.66. The van der Waals surface area contributed by atoms with Crippen molar-refractivity contribution in [3.63, 3.8) is 0 Å². The normalized spacial score (nSPS) is 9.27. The highest BCUT2D eigenvalue weighted by Crippen LogP contribution is 2.08. The molecule has 0 fully saturated rings. The minimum absolute atomic E-state index is 0.0904. The molecule has 1 aromatic rings. The number of nitrogens with zero attached hydrogens (tertiary/aromatic N) is 1. The summed E-state index contributed by atoms with van der Waals surface area (Å²) in [7, 11) is 1.72. The highest BCUT2D eigenvalue weighted by atomic mass is 16.1. The van der Waals surface area contributed by atoms with Crippen LogP contribution in [0.4, 0.5) is 5.69 Å². The summed E-state index contributed by atoms with van der Waals surface area (Å²) >= 11 is 0. The molecule has 1 radical (unpaired) electrons. The molecular formula is C9H10NO. The maximum absolute atomic E-state index is 10.8. The topological polar surface area (TPSA) is 31.2 Å². The largest absolute Gasteiger partial charge is 0.295 e. The Hall–Kier alpha value is -1.31. The van der Waals surface area contributed by atoms with Gasteiger partial charge in [0.2, 0.25) is 0 Å². The van der Waals surface area contributed by atoms with Crippen molar-refractivity contribution in [1.29, 1.82) is 0 Å². The Labute approximate surface area is 66.2 Å². The molecule has 0 saturated carbocycles. The Morgan fingerprint density at radius 3 is 2.18 bits per heavy atom. The van der Waals surface area contributed by atoms with Crippen LogP contribution < -0.4 is 5.32 Å². The van der Waals surface area contributed by atoms with Crippen LogP contribution in [0.1, 0.15) is 17.3 Å². The van der Waals surface area contributed by atoms with Crippen molar-refractivity contribution in [2.45, 2.75) is 6.92 Å². The van der Waals surface area contributed by atoms with Gasteiger partial charge in [-0.05, 0) is 31.2 Å². The second-order valence-electron chi connectivity index (χ2n) is 2.33. The molecule has 0 aliphatic rings. The first-order valence-corrected chi connectivity index (χ1v) is 3.45. The standard InChI is InChI=1S/C9H10NO/c1-7(11)8-3-5-9(10-2)6-4-8/h3-6H,1-2H3. The van der Waals surface area contributed by atoms with Crippen LogP contribution in [-0.4, -0.2) is 12.8 Å². The number of carbonyl (C=O) groups excluding carboxylic acids is 1. The zero-order chi connectivity index (χ0) is 8.27. The lowest BCUT2D eigenvalue weighted by molar-refractivity contribution is 0.101. The summed E-state index contributed by atoms with van der Waals surface area (Å²) in [6.45, 7) is 1.55. The molecule has 0 bridgehead atoms. The Morgan fingerprint density at radius 2 is 1.82 bits per heavy atom. The second-order valence-corrected chi connectivity index (χ2v) is 2.33. The lowest BCUT2D eigenvalue weighted by Crippen LogP contribution is -1.92. The molecule has 1 rings (SSSR count). The van der Waals surface area contributed by atoms with E-state index in [-0.39, 0.29) is 5.78 Å². The Kier molecular flexibility index (Phi) is 2.26. The van der Waals surface area contributed by atoms with Crippen LogP contribution in [0.2, 0.25) is 0 Å². The molecular weight excluding hydrogens is 138 g/mol. The van der Waals surface area contributed by atoms with E-state index < -0.39 is 0 Å². The van der Waals surface area contributed by atoms with Crippen molar-refractivity contribution in [1.82, 2.24) is 5.32 Å². The molecule has 2 nitrogen and oxygen atoms in total. The van der Waals surface area contributed by atoms with Gasteiger partial charge in [-0.3, -0.25) is 10.1 Å². The van der Waals surface area contributed by atoms with Gasteiger partial charge in [0, 0.05) is 12.6 Å². The van der Waals surface area contributed by atoms with E-state index in [0.29, 0.717) is 0 Å². The fourth-order valence-electron chi connectivity index (χ4n) is 0.845. The van der Waals surface area contributed by atoms with Gasteiger partial charge in [-0.1, -0.05) is 0 Å². The van der Waals surface area contributed by atoms with E-state index in [9.17, 15) is 4.79 Å². The molecule has 0 heterocycles. The fourth-order valence-corrected chi connectivity index (χ4v) is 0.845. The number of ketones is 1. The van der Waals surface area contributed by atoms with Crippen molar-refractivity contribution < 1.29 is 4.79 Å². The predicted octanol–water partition coefficient (Wildman–Crippen LogP) is 1.75. The van der Waals surface area contributed by atoms with E-state index in [4.69, 9.17) is 0 Å². The molecule has 0 aliphatic carbocycles. The summed E-state index contributed by atoms with van der Waals surface area (Å²) in [4.78, 5) is 10.8. The van der Waals surface area contributed by atoms with Crippen molar-refractivity contribution in [3.05, 3.63) is 29.8 Å². The van der Waals surface area contributed by atoms with Crippen LogP contribution in [0.25, 0.3) is 0 Å². The quantitative estimate of drug-likeness (QED) is 0.588. The first-order valence-electron chi connectivity index (χ1n) is 3.45. The average Bonchev–Trinajstić information content (AvgIpc) is 2.05. The van der Waals surface area contributed by atoms with E-state index in [1.165, 1.54) is 0 Å². The van der Waals surface area contributed by atoms with Gasteiger partial charge >= 0.3 is 0 Å². The van der Waals surface area contributed by atoms with Crippen molar-refractivity contribution in [2.75, 3.05) is 7.05 Å². The van der Waals surface area contributed by atoms with E-state index in [0.717, 1.165) is 11.3 Å². The molecule has 0 aliphatic heterocycles. The number of carbonyl (C=O) groups is 1. The van der Waals surface area contributed by atoms with Gasteiger partial charge in [-0.15, -0.1) is 0 Å². The van der Waals surface area contributed by atoms with Gasteiger partial charge in [0.25, 0.3) is 0 Å². The zero-order valence-corrected chi connectivity index (χ0v) is 6.66. The predicted molar refractivity (Wildman–Crippen MR) is 44.2 cm³/mol. The SMILES string of the molecule is C[N]c1ccc(C(C)=O)cc1. The fraction of sp³-hybridized carbons (Fsp3) is 0.222. The molecule has 0 amide bonds. The van der Waals surface area contributed by atoms with Gasteiger partial charge in [-0.25, -0.2) is 0 Å². The van der Waals surface area contributed by atoms with Gasteiger partial charge in [0.1, 0.15) is 0 Å². The smallest absolute Gasteiger partial charge is 0.159 e. The van der Waals surface area contributed by atoms with Gasteiger partial charge in [-0.2, -0.15) is 0 Å². The third-order valence-electron chi connectivity index (χ3n) is 1.53. The summed E-state index contributed by atoms with van der Waals surface area (Å²) in [6, 6.07) is 7.22. The number of hydrogen-bond acceptors (Lipinski definition) is 1. The number of benzene rings is 1. The van der Waals surface area contributed by atoms with Gasteiger partial charge in [0.05, 0.1) is 5.69 Å². The molecule has 0 atom stereocenters. The first kappa shape index (κ1) is 7.79. The maximum Gasteiger partial charge on any atom is 0.159 e. The summed E-state index contributed by atoms with van der Waals surface area (Å²) in [5.41, 5.74) is 1.63. The van der Waals surface area contributed by atoms with Crippen LogP contribution in [0.5, 0.6) is 0 Å². The van der Waals surface area contributed by atoms with Crippen LogP contribution in [-0.2, 0) is 0 Å². The van der Waals surface area contributed by atoms with Crippen LogP contribution in [0.3, 0.4) is 0 Å². The van der Waals surface area contributed by atoms with E-state index in [2.05, 4.69) is 5.32 Å². The lowest BCUT2D eigenvalue weighted by Gasteiger charge is -1.97. The lowest BCUT2D eigenvalue weighted by atomic mass is 10.1. The summed E-state index contributed by atoms with van der Waals surface area (Å²) in [6.07, 6.45) is 0. The van der Waals surface area contributed by atoms with Crippen molar-refractivity contribution in [3.8, 4) is 0 Å². The molecule has 1 aromatic carbocycles. The number of Topliss-reactive ketones (excluding diaryl/α,β-unsaturated/α-hetero) is 1. The molecule has 57 valence electrons. The number of hydrogen-bond donors (Lipinski definition) is 0. The molecule has 11 heavy (non-hydrogen) atoms. The minimum atomic E-state index is 0.0904. The van der Waals surface area contributed by atoms with Gasteiger partial charge in [0.15, 0.2) is 5.78 Å². The van der Waals surface area contributed by atoms with Crippen molar-refractivity contribution >= 4 is 11.5 Å². The third-order valence-corrected chi connectivity index (χ3v) is 1.53. The second kappa shape index (κ2) is 3.19. The average molecular weight is 148 g/mol. The molecule has 0 N–H and O–H groups in total. The summed E-state index contributed by atoms with van der Waals surface area (Å²) < 4.78 is 0. The molecule has 0 unspecified atom stereocenters. The van der Waals surface area contributed by atoms with Crippen molar-refractivity contribution in [2.24, 2.45) is 0 Å². The Balaban J connectivity index is 2.91. The highest BCUT2D eigenvalue weighted by Gasteiger charge is 1.96. The van der Waals surface area contributed by atoms with E-state index in [1.807, 2.05) is 12.1 Å². The maximum atomic E-state index is 10.8. The highest BCUT2D eigenvalue weighted by molar-refractivity contribution is 5.94. The first-order chi connectivity index (χ1) is 5.24. The van der Waals surface area contributed by atoms with Crippen LogP contribution >= 0.6 is 0 Å². The summed E-state index contributed by atoms with van der Waals surface area (Å²) in [5, 5.41) is 3.96. The molecule has 0 aromatic heterocycles. The summed E-state index contributed by atoms with van der Waals surface area (Å²) in [5.74, 6) is 0.0904. The van der Waals surface area contributed by atoms with Crippen LogP contribution in [0, 0.1) is 0 Å². The molecule has 0 saturated heterocycles.